The van der Waals surface area contributed by atoms with Gasteiger partial charge in [0, 0.05) is 12.6 Å². The molecule has 0 heterocycles. The van der Waals surface area contributed by atoms with Crippen LogP contribution in [0.4, 0.5) is 0 Å². The Balaban J connectivity index is 3.21. The van der Waals surface area contributed by atoms with Gasteiger partial charge in [-0.15, -0.1) is 0 Å². The van der Waals surface area contributed by atoms with Gasteiger partial charge in [0.25, 0.3) is 0 Å². The fourth-order valence-corrected chi connectivity index (χ4v) is 3.73. The first-order valence-corrected chi connectivity index (χ1v) is 8.04. The molecule has 0 fully saturated rings. The van der Waals surface area contributed by atoms with E-state index in [-0.39, 0.29) is 10.9 Å². The second-order valence-corrected chi connectivity index (χ2v) is 6.85. The molecule has 0 aliphatic heterocycles. The van der Waals surface area contributed by atoms with E-state index in [4.69, 9.17) is 0 Å². The highest BCUT2D eigenvalue weighted by atomic mass is 32.2. The fraction of sp³-hybridized carbons (Fsp3) is 0.571. The van der Waals surface area contributed by atoms with Crippen molar-refractivity contribution in [3.63, 3.8) is 0 Å². The van der Waals surface area contributed by atoms with E-state index in [2.05, 4.69) is 0 Å². The van der Waals surface area contributed by atoms with Gasteiger partial charge in [-0.25, -0.2) is 8.42 Å². The van der Waals surface area contributed by atoms with E-state index in [0.717, 1.165) is 6.42 Å². The van der Waals surface area contributed by atoms with Crippen molar-refractivity contribution in [2.75, 3.05) is 6.54 Å². The van der Waals surface area contributed by atoms with Crippen molar-refractivity contribution >= 4 is 10.0 Å². The molecule has 1 aromatic rings. The molecule has 0 aromatic heterocycles. The molecule has 0 radical (unpaired) electrons. The summed E-state index contributed by atoms with van der Waals surface area (Å²) in [4.78, 5) is 0.244. The summed E-state index contributed by atoms with van der Waals surface area (Å²) >= 11 is 0. The summed E-state index contributed by atoms with van der Waals surface area (Å²) in [5.74, 6) is 0. The first-order valence-electron chi connectivity index (χ1n) is 6.60. The van der Waals surface area contributed by atoms with Gasteiger partial charge >= 0.3 is 0 Å². The van der Waals surface area contributed by atoms with Crippen LogP contribution in [0, 0.1) is 0 Å². The van der Waals surface area contributed by atoms with Crippen LogP contribution in [0.3, 0.4) is 0 Å². The monoisotopic (exact) mass is 285 g/mol. The van der Waals surface area contributed by atoms with E-state index < -0.39 is 16.1 Å². The van der Waals surface area contributed by atoms with Crippen molar-refractivity contribution in [1.29, 1.82) is 0 Å². The molecule has 0 amide bonds. The van der Waals surface area contributed by atoms with Crippen LogP contribution in [0.25, 0.3) is 0 Å². The van der Waals surface area contributed by atoms with Gasteiger partial charge < -0.3 is 5.11 Å². The fourth-order valence-electron chi connectivity index (χ4n) is 1.95. The molecule has 1 aromatic carbocycles. The maximum atomic E-state index is 12.6. The van der Waals surface area contributed by atoms with Crippen LogP contribution in [0.1, 0.15) is 45.8 Å². The molecule has 19 heavy (non-hydrogen) atoms. The van der Waals surface area contributed by atoms with E-state index in [9.17, 15) is 13.5 Å². The van der Waals surface area contributed by atoms with Gasteiger partial charge in [0.2, 0.25) is 10.0 Å². The molecule has 0 saturated carbocycles. The third-order valence-electron chi connectivity index (χ3n) is 2.97. The summed E-state index contributed by atoms with van der Waals surface area (Å²) in [6.07, 6.45) is 0.0989. The van der Waals surface area contributed by atoms with E-state index in [1.54, 1.807) is 31.2 Å². The highest BCUT2D eigenvalue weighted by Crippen LogP contribution is 2.22. The van der Waals surface area contributed by atoms with Gasteiger partial charge in [-0.1, -0.05) is 19.1 Å². The lowest BCUT2D eigenvalue weighted by molar-refractivity contribution is 0.199. The predicted octanol–water partition coefficient (Wildman–Crippen LogP) is 2.55. The minimum Gasteiger partial charge on any atom is -0.389 e. The predicted molar refractivity (Wildman–Crippen MR) is 76.4 cm³/mol. The summed E-state index contributed by atoms with van der Waals surface area (Å²) in [6, 6.07) is 6.43. The van der Waals surface area contributed by atoms with E-state index in [1.807, 2.05) is 20.8 Å². The Hall–Kier alpha value is -0.910. The average Bonchev–Trinajstić information content (AvgIpc) is 2.35. The van der Waals surface area contributed by atoms with Gasteiger partial charge in [0.15, 0.2) is 0 Å². The van der Waals surface area contributed by atoms with Crippen LogP contribution in [0.2, 0.25) is 0 Å². The van der Waals surface area contributed by atoms with Gasteiger partial charge in [0.1, 0.15) is 0 Å². The summed E-state index contributed by atoms with van der Waals surface area (Å²) in [5.41, 5.74) is 0.612. The zero-order valence-corrected chi connectivity index (χ0v) is 12.8. The van der Waals surface area contributed by atoms with Gasteiger partial charge in [-0.2, -0.15) is 4.31 Å². The Morgan fingerprint density at radius 1 is 1.26 bits per heavy atom. The van der Waals surface area contributed by atoms with Crippen LogP contribution in [-0.4, -0.2) is 30.4 Å². The SMILES string of the molecule is CCCN(C(C)C)S(=O)(=O)c1cccc(C(C)O)c1. The summed E-state index contributed by atoms with van der Waals surface area (Å²) in [7, 11) is -3.50. The molecule has 5 heteroatoms. The van der Waals surface area contributed by atoms with Crippen molar-refractivity contribution in [1.82, 2.24) is 4.31 Å². The van der Waals surface area contributed by atoms with Crippen molar-refractivity contribution in [3.8, 4) is 0 Å². The topological polar surface area (TPSA) is 57.6 Å². The molecule has 0 spiro atoms. The summed E-state index contributed by atoms with van der Waals surface area (Å²) in [6.45, 7) is 7.81. The molecule has 108 valence electrons. The second-order valence-electron chi connectivity index (χ2n) is 4.96. The Morgan fingerprint density at radius 2 is 1.89 bits per heavy atom. The van der Waals surface area contributed by atoms with E-state index in [0.29, 0.717) is 12.1 Å². The molecule has 0 bridgehead atoms. The zero-order valence-electron chi connectivity index (χ0n) is 12.0. The van der Waals surface area contributed by atoms with Crippen LogP contribution < -0.4 is 0 Å². The van der Waals surface area contributed by atoms with Crippen molar-refractivity contribution in [2.45, 2.75) is 51.2 Å². The second kappa shape index (κ2) is 6.50. The maximum Gasteiger partial charge on any atom is 0.243 e. The van der Waals surface area contributed by atoms with Gasteiger partial charge in [0.05, 0.1) is 11.0 Å². The first-order chi connectivity index (χ1) is 8.80. The van der Waals surface area contributed by atoms with Gasteiger partial charge in [-0.05, 0) is 44.9 Å². The van der Waals surface area contributed by atoms with Crippen molar-refractivity contribution in [3.05, 3.63) is 29.8 Å². The number of nitrogens with zero attached hydrogens (tertiary/aromatic N) is 1. The summed E-state index contributed by atoms with van der Waals surface area (Å²) in [5, 5.41) is 9.56. The van der Waals surface area contributed by atoms with Crippen LogP contribution in [-0.2, 0) is 10.0 Å². The molecule has 1 N–H and O–H groups in total. The number of hydrogen-bond donors (Lipinski definition) is 1. The molecule has 1 rings (SSSR count). The standard InChI is InChI=1S/C14H23NO3S/c1-5-9-15(11(2)3)19(17,18)14-8-6-7-13(10-14)12(4)16/h6-8,10-12,16H,5,9H2,1-4H3. The number of benzene rings is 1. The normalized spacial score (nSPS) is 14.1. The molecular formula is C14H23NO3S. The van der Waals surface area contributed by atoms with Gasteiger partial charge in [-0.3, -0.25) is 0 Å². The average molecular weight is 285 g/mol. The maximum absolute atomic E-state index is 12.6. The lowest BCUT2D eigenvalue weighted by Crippen LogP contribution is -2.37. The third kappa shape index (κ3) is 3.78. The molecule has 1 unspecified atom stereocenters. The molecule has 0 aliphatic carbocycles. The first kappa shape index (κ1) is 16.1. The number of sulfonamides is 1. The molecular weight excluding hydrogens is 262 g/mol. The van der Waals surface area contributed by atoms with Crippen molar-refractivity contribution in [2.24, 2.45) is 0 Å². The molecule has 1 atom stereocenters. The zero-order chi connectivity index (χ0) is 14.6. The molecule has 4 nitrogen and oxygen atoms in total. The number of aliphatic hydroxyl groups is 1. The smallest absolute Gasteiger partial charge is 0.243 e. The van der Waals surface area contributed by atoms with Crippen LogP contribution in [0.15, 0.2) is 29.2 Å². The van der Waals surface area contributed by atoms with Crippen molar-refractivity contribution < 1.29 is 13.5 Å². The minimum atomic E-state index is -3.50. The molecule has 0 aliphatic rings. The lowest BCUT2D eigenvalue weighted by Gasteiger charge is -2.25. The minimum absolute atomic E-state index is 0.0832. The number of hydrogen-bond acceptors (Lipinski definition) is 3. The highest BCUT2D eigenvalue weighted by Gasteiger charge is 2.26. The van der Waals surface area contributed by atoms with E-state index in [1.165, 1.54) is 4.31 Å². The van der Waals surface area contributed by atoms with Crippen LogP contribution >= 0.6 is 0 Å². The highest BCUT2D eigenvalue weighted by molar-refractivity contribution is 7.89. The Kier molecular flexibility index (Phi) is 5.52. The number of rotatable bonds is 6. The Morgan fingerprint density at radius 3 is 2.37 bits per heavy atom. The molecule has 0 saturated heterocycles. The van der Waals surface area contributed by atoms with Crippen LogP contribution in [0.5, 0.6) is 0 Å². The quantitative estimate of drug-likeness (QED) is 0.874. The Bertz CT molecular complexity index is 509. The summed E-state index contributed by atoms with van der Waals surface area (Å²) < 4.78 is 26.7. The third-order valence-corrected chi connectivity index (χ3v) is 5.04. The lowest BCUT2D eigenvalue weighted by atomic mass is 10.1. The Labute approximate surface area is 116 Å². The number of aliphatic hydroxyl groups excluding tert-OH is 1. The van der Waals surface area contributed by atoms with E-state index >= 15 is 0 Å². The largest absolute Gasteiger partial charge is 0.389 e.